The summed E-state index contributed by atoms with van der Waals surface area (Å²) >= 11 is 9.40. The van der Waals surface area contributed by atoms with Gasteiger partial charge in [0.25, 0.3) is 5.91 Å². The summed E-state index contributed by atoms with van der Waals surface area (Å²) in [5.74, 6) is -0.285. The molecule has 1 saturated heterocycles. The Bertz CT molecular complexity index is 995. The van der Waals surface area contributed by atoms with Gasteiger partial charge in [0.1, 0.15) is 10.6 Å². The highest BCUT2D eigenvalue weighted by atomic mass is 79.9. The Labute approximate surface area is 189 Å². The molecule has 1 atom stereocenters. The molecule has 2 aromatic carbocycles. The molecule has 0 saturated carbocycles. The summed E-state index contributed by atoms with van der Waals surface area (Å²) < 4.78 is 39.1. The van der Waals surface area contributed by atoms with Crippen molar-refractivity contribution in [3.8, 4) is 5.75 Å². The molecule has 1 aliphatic rings. The van der Waals surface area contributed by atoms with Crippen LogP contribution in [0, 0.1) is 0 Å². The monoisotopic (exact) mass is 516 g/mol. The topological polar surface area (TPSA) is 84.9 Å². The highest BCUT2D eigenvalue weighted by Crippen LogP contribution is 2.30. The normalized spacial score (nSPS) is 16.1. The number of hydrogen-bond acceptors (Lipinski definition) is 5. The van der Waals surface area contributed by atoms with Crippen LogP contribution >= 0.6 is 27.5 Å². The van der Waals surface area contributed by atoms with Gasteiger partial charge in [-0.25, -0.2) is 8.42 Å². The number of hydrogen-bond donors (Lipinski definition) is 1. The van der Waals surface area contributed by atoms with Gasteiger partial charge in [0.15, 0.2) is 6.61 Å². The molecule has 0 aliphatic carbocycles. The molecule has 3 rings (SSSR count). The van der Waals surface area contributed by atoms with Crippen molar-refractivity contribution in [2.75, 3.05) is 32.9 Å². The average Bonchev–Trinajstić information content (AvgIpc) is 2.74. The van der Waals surface area contributed by atoms with Gasteiger partial charge in [0, 0.05) is 22.6 Å². The summed E-state index contributed by atoms with van der Waals surface area (Å²) in [5.41, 5.74) is 0.939. The van der Waals surface area contributed by atoms with Crippen molar-refractivity contribution < 1.29 is 22.7 Å². The second kappa shape index (κ2) is 10.1. The van der Waals surface area contributed by atoms with Crippen molar-refractivity contribution in [1.82, 2.24) is 9.62 Å². The van der Waals surface area contributed by atoms with E-state index in [0.717, 1.165) is 10.0 Å². The summed E-state index contributed by atoms with van der Waals surface area (Å²) in [6, 6.07) is 11.7. The van der Waals surface area contributed by atoms with Crippen LogP contribution in [0.3, 0.4) is 0 Å². The van der Waals surface area contributed by atoms with Crippen LogP contribution in [-0.2, 0) is 19.6 Å². The first-order valence-electron chi connectivity index (χ1n) is 9.32. The minimum Gasteiger partial charge on any atom is -0.482 e. The number of nitrogens with zero attached hydrogens (tertiary/aromatic N) is 1. The van der Waals surface area contributed by atoms with Gasteiger partial charge in [-0.3, -0.25) is 4.79 Å². The molecule has 0 radical (unpaired) electrons. The third-order valence-corrected chi connectivity index (χ3v) is 7.28. The minimum atomic E-state index is -3.83. The molecule has 0 aromatic heterocycles. The Morgan fingerprint density at radius 3 is 2.57 bits per heavy atom. The Kier molecular flexibility index (Phi) is 7.75. The summed E-state index contributed by atoms with van der Waals surface area (Å²) in [7, 11) is -3.83. The number of sulfonamides is 1. The smallest absolute Gasteiger partial charge is 0.258 e. The van der Waals surface area contributed by atoms with Gasteiger partial charge >= 0.3 is 0 Å². The largest absolute Gasteiger partial charge is 0.482 e. The lowest BCUT2D eigenvalue weighted by Gasteiger charge is -2.27. The number of morpholine rings is 1. The van der Waals surface area contributed by atoms with Crippen molar-refractivity contribution in [3.05, 3.63) is 57.5 Å². The molecule has 0 bridgehead atoms. The van der Waals surface area contributed by atoms with Crippen LogP contribution in [0.5, 0.6) is 5.75 Å². The molecular formula is C20H22BrClN2O5S. The predicted molar refractivity (Wildman–Crippen MR) is 117 cm³/mol. The fraction of sp³-hybridized carbons (Fsp3) is 0.350. The van der Waals surface area contributed by atoms with E-state index in [1.807, 2.05) is 31.2 Å². The van der Waals surface area contributed by atoms with Crippen LogP contribution < -0.4 is 10.1 Å². The molecule has 1 N–H and O–H groups in total. The van der Waals surface area contributed by atoms with Crippen molar-refractivity contribution in [2.45, 2.75) is 17.9 Å². The Morgan fingerprint density at radius 1 is 1.23 bits per heavy atom. The fourth-order valence-corrected chi connectivity index (χ4v) is 5.06. The second-order valence-electron chi connectivity index (χ2n) is 6.74. The van der Waals surface area contributed by atoms with Crippen LogP contribution in [0.4, 0.5) is 0 Å². The zero-order valence-electron chi connectivity index (χ0n) is 16.3. The molecule has 1 heterocycles. The predicted octanol–water partition coefficient (Wildman–Crippen LogP) is 3.38. The van der Waals surface area contributed by atoms with E-state index in [0.29, 0.717) is 13.2 Å². The van der Waals surface area contributed by atoms with Crippen molar-refractivity contribution >= 4 is 43.5 Å². The van der Waals surface area contributed by atoms with E-state index < -0.39 is 10.0 Å². The summed E-state index contributed by atoms with van der Waals surface area (Å²) in [6.45, 7) is 2.68. The number of halogens is 2. The van der Waals surface area contributed by atoms with Gasteiger partial charge in [-0.2, -0.15) is 4.31 Å². The molecule has 7 nitrogen and oxygen atoms in total. The molecule has 162 valence electrons. The van der Waals surface area contributed by atoms with Gasteiger partial charge in [0.05, 0.1) is 19.3 Å². The number of ether oxygens (including phenoxy) is 2. The van der Waals surface area contributed by atoms with Crippen LogP contribution in [0.2, 0.25) is 5.02 Å². The van der Waals surface area contributed by atoms with Gasteiger partial charge in [-0.05, 0) is 42.8 Å². The Balaban J connectivity index is 1.69. The summed E-state index contributed by atoms with van der Waals surface area (Å²) in [6.07, 6.45) is 0. The zero-order valence-corrected chi connectivity index (χ0v) is 19.5. The number of carbonyl (C=O) groups is 1. The van der Waals surface area contributed by atoms with Crippen molar-refractivity contribution in [2.24, 2.45) is 0 Å². The van der Waals surface area contributed by atoms with Crippen LogP contribution in [0.1, 0.15) is 18.5 Å². The lowest BCUT2D eigenvalue weighted by atomic mass is 10.1. The first-order chi connectivity index (χ1) is 14.3. The lowest BCUT2D eigenvalue weighted by molar-refractivity contribution is -0.123. The number of benzene rings is 2. The quantitative estimate of drug-likeness (QED) is 0.609. The van der Waals surface area contributed by atoms with Gasteiger partial charge in [0.2, 0.25) is 10.0 Å². The molecule has 1 unspecified atom stereocenters. The van der Waals surface area contributed by atoms with Gasteiger partial charge in [-0.1, -0.05) is 39.7 Å². The third-order valence-electron chi connectivity index (χ3n) is 4.60. The molecule has 10 heteroatoms. The number of nitrogens with one attached hydrogen (secondary N) is 1. The minimum absolute atomic E-state index is 0.0642. The maximum Gasteiger partial charge on any atom is 0.258 e. The molecule has 2 aromatic rings. The third kappa shape index (κ3) is 5.73. The lowest BCUT2D eigenvalue weighted by Crippen LogP contribution is -2.40. The van der Waals surface area contributed by atoms with E-state index in [-0.39, 0.29) is 47.3 Å². The van der Waals surface area contributed by atoms with Crippen molar-refractivity contribution in [3.63, 3.8) is 0 Å². The summed E-state index contributed by atoms with van der Waals surface area (Å²) in [4.78, 5) is 12.3. The highest BCUT2D eigenvalue weighted by Gasteiger charge is 2.29. The van der Waals surface area contributed by atoms with E-state index in [1.54, 1.807) is 0 Å². The maximum absolute atomic E-state index is 13.0. The standard InChI is InChI=1S/C20H22BrClN2O5S/c1-14(15-2-4-16(21)5-3-15)23-20(25)13-29-18-7-6-17(22)12-19(18)30(26,27)24-8-10-28-11-9-24/h2-7,12,14H,8-11,13H2,1H3,(H,23,25). The Morgan fingerprint density at radius 2 is 1.90 bits per heavy atom. The second-order valence-corrected chi connectivity index (χ2v) is 10.00. The van der Waals surface area contributed by atoms with Crippen LogP contribution in [-0.4, -0.2) is 51.5 Å². The molecule has 30 heavy (non-hydrogen) atoms. The number of rotatable bonds is 7. The Hall–Kier alpha value is -1.65. The first kappa shape index (κ1) is 23.0. The molecule has 0 spiro atoms. The average molecular weight is 518 g/mol. The van der Waals surface area contributed by atoms with E-state index in [9.17, 15) is 13.2 Å². The van der Waals surface area contributed by atoms with Crippen LogP contribution in [0.25, 0.3) is 0 Å². The number of amides is 1. The SMILES string of the molecule is CC(NC(=O)COc1ccc(Cl)cc1S(=O)(=O)N1CCOCC1)c1ccc(Br)cc1. The number of carbonyl (C=O) groups excluding carboxylic acids is 1. The molecule has 1 amide bonds. The molecular weight excluding hydrogens is 496 g/mol. The molecule has 1 fully saturated rings. The zero-order chi connectivity index (χ0) is 21.7. The fourth-order valence-electron chi connectivity index (χ4n) is 2.99. The van der Waals surface area contributed by atoms with E-state index >= 15 is 0 Å². The van der Waals surface area contributed by atoms with E-state index in [1.165, 1.54) is 22.5 Å². The van der Waals surface area contributed by atoms with E-state index in [4.69, 9.17) is 21.1 Å². The van der Waals surface area contributed by atoms with Crippen molar-refractivity contribution in [1.29, 1.82) is 0 Å². The summed E-state index contributed by atoms with van der Waals surface area (Å²) in [5, 5.41) is 3.10. The van der Waals surface area contributed by atoms with Crippen LogP contribution in [0.15, 0.2) is 51.8 Å². The van der Waals surface area contributed by atoms with Gasteiger partial charge < -0.3 is 14.8 Å². The maximum atomic E-state index is 13.0. The molecule has 1 aliphatic heterocycles. The first-order valence-corrected chi connectivity index (χ1v) is 11.9. The highest BCUT2D eigenvalue weighted by molar-refractivity contribution is 9.10. The van der Waals surface area contributed by atoms with E-state index in [2.05, 4.69) is 21.2 Å². The van der Waals surface area contributed by atoms with Gasteiger partial charge in [-0.15, -0.1) is 0 Å².